The van der Waals surface area contributed by atoms with Crippen molar-refractivity contribution in [3.63, 3.8) is 0 Å². The highest BCUT2D eigenvalue weighted by atomic mass is 35.5. The third-order valence-corrected chi connectivity index (χ3v) is 5.05. The zero-order valence-electron chi connectivity index (χ0n) is 15.6. The van der Waals surface area contributed by atoms with Crippen LogP contribution in [0.1, 0.15) is 22.6 Å². The minimum Gasteiger partial charge on any atom is -0.493 e. The maximum Gasteiger partial charge on any atom is 0.179 e. The summed E-state index contributed by atoms with van der Waals surface area (Å²) in [6.07, 6.45) is 0. The second-order valence-corrected chi connectivity index (χ2v) is 6.66. The van der Waals surface area contributed by atoms with Gasteiger partial charge in [-0.3, -0.25) is 0 Å². The van der Waals surface area contributed by atoms with E-state index in [2.05, 4.69) is 53.8 Å². The van der Waals surface area contributed by atoms with Gasteiger partial charge in [-0.25, -0.2) is 0 Å². The van der Waals surface area contributed by atoms with Crippen molar-refractivity contribution in [3.05, 3.63) is 94.5 Å². The van der Waals surface area contributed by atoms with Gasteiger partial charge in [0.1, 0.15) is 0 Å². The van der Waals surface area contributed by atoms with Gasteiger partial charge in [0.25, 0.3) is 0 Å². The van der Waals surface area contributed by atoms with E-state index in [4.69, 9.17) is 21.1 Å². The number of hydrogen-bond acceptors (Lipinski definition) is 3. The molecular weight excluding hydrogens is 358 g/mol. The highest BCUT2D eigenvalue weighted by Crippen LogP contribution is 2.37. The van der Waals surface area contributed by atoms with Gasteiger partial charge >= 0.3 is 0 Å². The van der Waals surface area contributed by atoms with Crippen LogP contribution in [0.4, 0.5) is 0 Å². The number of rotatable bonds is 8. The lowest BCUT2D eigenvalue weighted by Crippen LogP contribution is -2.22. The van der Waals surface area contributed by atoms with E-state index in [-0.39, 0.29) is 5.92 Å². The highest BCUT2D eigenvalue weighted by Gasteiger charge is 2.16. The Kier molecular flexibility index (Phi) is 6.74. The zero-order chi connectivity index (χ0) is 19.1. The lowest BCUT2D eigenvalue weighted by atomic mass is 9.91. The van der Waals surface area contributed by atoms with Crippen LogP contribution >= 0.6 is 11.6 Å². The predicted octanol–water partition coefficient (Wildman–Crippen LogP) is 5.28. The standard InChI is InChI=1S/C23H24ClNO2/c1-26-21-14-13-19(22(24)23(21)27-2)15-25-16-20(17-9-5-3-6-10-17)18-11-7-4-8-12-18/h3-14,20,25H,15-16H2,1-2H3. The Bertz CT molecular complexity index is 814. The minimum atomic E-state index is 0.270. The molecule has 3 rings (SSSR count). The molecule has 3 nitrogen and oxygen atoms in total. The fourth-order valence-electron chi connectivity index (χ4n) is 3.22. The smallest absolute Gasteiger partial charge is 0.179 e. The molecule has 0 aliphatic heterocycles. The van der Waals surface area contributed by atoms with Crippen molar-refractivity contribution in [2.75, 3.05) is 20.8 Å². The maximum absolute atomic E-state index is 6.50. The molecule has 0 amide bonds. The monoisotopic (exact) mass is 381 g/mol. The fraction of sp³-hybridized carbons (Fsp3) is 0.217. The highest BCUT2D eigenvalue weighted by molar-refractivity contribution is 6.33. The topological polar surface area (TPSA) is 30.5 Å². The van der Waals surface area contributed by atoms with Crippen molar-refractivity contribution in [1.29, 1.82) is 0 Å². The first-order valence-corrected chi connectivity index (χ1v) is 9.32. The van der Waals surface area contributed by atoms with Crippen LogP contribution in [0.2, 0.25) is 5.02 Å². The van der Waals surface area contributed by atoms with Crippen molar-refractivity contribution in [2.24, 2.45) is 0 Å². The largest absolute Gasteiger partial charge is 0.493 e. The minimum absolute atomic E-state index is 0.270. The molecule has 0 atom stereocenters. The molecule has 0 saturated heterocycles. The van der Waals surface area contributed by atoms with Gasteiger partial charge in [-0.05, 0) is 22.8 Å². The molecule has 3 aromatic rings. The third-order valence-electron chi connectivity index (χ3n) is 4.63. The van der Waals surface area contributed by atoms with Crippen molar-refractivity contribution in [1.82, 2.24) is 5.32 Å². The molecule has 0 heterocycles. The van der Waals surface area contributed by atoms with Gasteiger partial charge < -0.3 is 14.8 Å². The molecule has 4 heteroatoms. The second-order valence-electron chi connectivity index (χ2n) is 6.28. The first-order valence-electron chi connectivity index (χ1n) is 8.94. The number of benzene rings is 3. The predicted molar refractivity (Wildman–Crippen MR) is 111 cm³/mol. The zero-order valence-corrected chi connectivity index (χ0v) is 16.4. The van der Waals surface area contributed by atoms with Crippen LogP contribution in [0.5, 0.6) is 11.5 Å². The lowest BCUT2D eigenvalue weighted by Gasteiger charge is -2.19. The van der Waals surface area contributed by atoms with Crippen molar-refractivity contribution in [2.45, 2.75) is 12.5 Å². The van der Waals surface area contributed by atoms with Crippen LogP contribution in [0.25, 0.3) is 0 Å². The molecule has 0 aromatic heterocycles. The number of methoxy groups -OCH3 is 2. The summed E-state index contributed by atoms with van der Waals surface area (Å²) < 4.78 is 10.7. The van der Waals surface area contributed by atoms with Crippen LogP contribution in [0.3, 0.4) is 0 Å². The van der Waals surface area contributed by atoms with Crippen molar-refractivity contribution < 1.29 is 9.47 Å². The Morgan fingerprint density at radius 1 is 0.815 bits per heavy atom. The van der Waals surface area contributed by atoms with Gasteiger partial charge in [0.15, 0.2) is 11.5 Å². The quantitative estimate of drug-likeness (QED) is 0.576. The third kappa shape index (κ3) is 4.62. The molecule has 1 N–H and O–H groups in total. The van der Waals surface area contributed by atoms with Gasteiger partial charge in [0, 0.05) is 19.0 Å². The normalized spacial score (nSPS) is 10.8. The van der Waals surface area contributed by atoms with E-state index in [1.54, 1.807) is 14.2 Å². The SMILES string of the molecule is COc1ccc(CNCC(c2ccccc2)c2ccccc2)c(Cl)c1OC. The molecule has 0 aliphatic carbocycles. The lowest BCUT2D eigenvalue weighted by molar-refractivity contribution is 0.354. The van der Waals surface area contributed by atoms with E-state index in [1.807, 2.05) is 24.3 Å². The molecular formula is C23H24ClNO2. The van der Waals surface area contributed by atoms with Crippen molar-refractivity contribution >= 4 is 11.6 Å². The van der Waals surface area contributed by atoms with Gasteiger partial charge in [0.05, 0.1) is 19.2 Å². The summed E-state index contributed by atoms with van der Waals surface area (Å²) >= 11 is 6.50. The second kappa shape index (κ2) is 9.45. The summed E-state index contributed by atoms with van der Waals surface area (Å²) in [7, 11) is 3.21. The Labute approximate surface area is 165 Å². The number of halogens is 1. The van der Waals surface area contributed by atoms with Crippen molar-refractivity contribution in [3.8, 4) is 11.5 Å². The van der Waals surface area contributed by atoms with E-state index >= 15 is 0 Å². The van der Waals surface area contributed by atoms with Crippen LogP contribution < -0.4 is 14.8 Å². The molecule has 0 saturated carbocycles. The Morgan fingerprint density at radius 2 is 1.41 bits per heavy atom. The molecule has 27 heavy (non-hydrogen) atoms. The van der Waals surface area contributed by atoms with E-state index in [1.165, 1.54) is 11.1 Å². The van der Waals surface area contributed by atoms with Crippen LogP contribution in [0.15, 0.2) is 72.8 Å². The summed E-state index contributed by atoms with van der Waals surface area (Å²) in [6, 6.07) is 24.9. The number of nitrogens with one attached hydrogen (secondary N) is 1. The van der Waals surface area contributed by atoms with Crippen LogP contribution in [0, 0.1) is 0 Å². The molecule has 0 aliphatic rings. The Balaban J connectivity index is 1.75. The number of ether oxygens (including phenoxy) is 2. The molecule has 3 aromatic carbocycles. The summed E-state index contributed by atoms with van der Waals surface area (Å²) in [6.45, 7) is 1.45. The Hall–Kier alpha value is -2.49. The van der Waals surface area contributed by atoms with Gasteiger partial charge in [0.2, 0.25) is 0 Å². The number of hydrogen-bond donors (Lipinski definition) is 1. The van der Waals surface area contributed by atoms with Gasteiger partial charge in [-0.2, -0.15) is 0 Å². The molecule has 0 unspecified atom stereocenters. The first kappa shape index (κ1) is 19.3. The van der Waals surface area contributed by atoms with Gasteiger partial charge in [-0.15, -0.1) is 0 Å². The average Bonchev–Trinajstić information content (AvgIpc) is 2.73. The summed E-state index contributed by atoms with van der Waals surface area (Å²) in [5.74, 6) is 1.48. The summed E-state index contributed by atoms with van der Waals surface area (Å²) in [4.78, 5) is 0. The molecule has 0 spiro atoms. The molecule has 0 radical (unpaired) electrons. The average molecular weight is 382 g/mol. The molecule has 140 valence electrons. The van der Waals surface area contributed by atoms with Crippen LogP contribution in [-0.4, -0.2) is 20.8 Å². The van der Waals surface area contributed by atoms with E-state index in [0.29, 0.717) is 23.1 Å². The maximum atomic E-state index is 6.50. The van der Waals surface area contributed by atoms with E-state index in [9.17, 15) is 0 Å². The fourth-order valence-corrected chi connectivity index (χ4v) is 3.52. The Morgan fingerprint density at radius 3 is 1.93 bits per heavy atom. The van der Waals surface area contributed by atoms with E-state index in [0.717, 1.165) is 12.1 Å². The molecule has 0 fully saturated rings. The van der Waals surface area contributed by atoms with E-state index < -0.39 is 0 Å². The summed E-state index contributed by atoms with van der Waals surface area (Å²) in [5.41, 5.74) is 3.55. The first-order chi connectivity index (χ1) is 13.2. The van der Waals surface area contributed by atoms with Gasteiger partial charge in [-0.1, -0.05) is 78.3 Å². The molecule has 0 bridgehead atoms. The summed E-state index contributed by atoms with van der Waals surface area (Å²) in [5, 5.41) is 4.13. The van der Waals surface area contributed by atoms with Crippen LogP contribution in [-0.2, 0) is 6.54 Å².